The number of nitrogens with zero attached hydrogens (tertiary/aromatic N) is 2. The number of carbonyl (C=O) groups is 1. The Kier molecular flexibility index (Phi) is 3.89. The van der Waals surface area contributed by atoms with E-state index in [0.29, 0.717) is 0 Å². The molecule has 1 aromatic heterocycles. The first kappa shape index (κ1) is 13.2. The Morgan fingerprint density at radius 3 is 2.65 bits per heavy atom. The smallest absolute Gasteiger partial charge is 0.373 e. The molecular formula is C8H5ClF2N2O4. The summed E-state index contributed by atoms with van der Waals surface area (Å²) >= 11 is 5.50. The third-order valence-corrected chi connectivity index (χ3v) is 2.12. The number of carbonyl (C=O) groups excluding carboxylic acids is 1. The van der Waals surface area contributed by atoms with Crippen molar-refractivity contribution >= 4 is 23.4 Å². The molecule has 92 valence electrons. The fourth-order valence-electron chi connectivity index (χ4n) is 1.15. The van der Waals surface area contributed by atoms with Crippen molar-refractivity contribution in [2.75, 3.05) is 7.11 Å². The molecule has 0 bridgehead atoms. The molecule has 0 amide bonds. The number of hydrogen-bond donors (Lipinski definition) is 0. The molecule has 0 unspecified atom stereocenters. The van der Waals surface area contributed by atoms with Gasteiger partial charge in [-0.15, -0.1) is 0 Å². The summed E-state index contributed by atoms with van der Waals surface area (Å²) in [4.78, 5) is 23.8. The number of methoxy groups -OCH3 is 1. The minimum absolute atomic E-state index is 0.433. The summed E-state index contributed by atoms with van der Waals surface area (Å²) in [6.07, 6.45) is -2.52. The zero-order valence-corrected chi connectivity index (χ0v) is 9.07. The van der Waals surface area contributed by atoms with E-state index in [1.54, 1.807) is 0 Å². The topological polar surface area (TPSA) is 82.3 Å². The maximum absolute atomic E-state index is 12.7. The molecule has 6 nitrogen and oxygen atoms in total. The van der Waals surface area contributed by atoms with Crippen molar-refractivity contribution in [1.29, 1.82) is 0 Å². The minimum Gasteiger partial charge on any atom is -0.465 e. The largest absolute Gasteiger partial charge is 0.465 e. The van der Waals surface area contributed by atoms with Gasteiger partial charge in [0.2, 0.25) is 0 Å². The Bertz CT molecular complexity index is 481. The predicted molar refractivity (Wildman–Crippen MR) is 52.2 cm³/mol. The molecule has 1 rings (SSSR count). The molecule has 0 spiro atoms. The first-order chi connectivity index (χ1) is 7.90. The summed E-state index contributed by atoms with van der Waals surface area (Å²) < 4.78 is 29.7. The maximum Gasteiger partial charge on any atom is 0.373 e. The van der Waals surface area contributed by atoms with Crippen molar-refractivity contribution in [3.05, 3.63) is 32.5 Å². The molecule has 0 saturated heterocycles. The lowest BCUT2D eigenvalue weighted by molar-refractivity contribution is -0.391. The second-order valence-electron chi connectivity index (χ2n) is 2.77. The lowest BCUT2D eigenvalue weighted by Crippen LogP contribution is -2.11. The Morgan fingerprint density at radius 1 is 1.65 bits per heavy atom. The molecule has 0 radical (unpaired) electrons. The number of aromatic nitrogens is 1. The van der Waals surface area contributed by atoms with Gasteiger partial charge in [-0.25, -0.2) is 13.6 Å². The third-order valence-electron chi connectivity index (χ3n) is 1.83. The van der Waals surface area contributed by atoms with Gasteiger partial charge in [0.05, 0.1) is 17.7 Å². The van der Waals surface area contributed by atoms with Crippen LogP contribution in [0, 0.1) is 10.1 Å². The number of halogens is 3. The second kappa shape index (κ2) is 5.00. The van der Waals surface area contributed by atoms with Crippen LogP contribution in [0.15, 0.2) is 6.20 Å². The summed E-state index contributed by atoms with van der Waals surface area (Å²) in [5, 5.41) is 10.1. The van der Waals surface area contributed by atoms with Gasteiger partial charge in [-0.1, -0.05) is 11.6 Å². The second-order valence-corrected chi connectivity index (χ2v) is 3.18. The number of ether oxygens (including phenoxy) is 1. The van der Waals surface area contributed by atoms with E-state index in [9.17, 15) is 23.7 Å². The quantitative estimate of drug-likeness (QED) is 0.476. The number of rotatable bonds is 3. The molecule has 0 aliphatic heterocycles. The first-order valence-electron chi connectivity index (χ1n) is 4.09. The van der Waals surface area contributed by atoms with Gasteiger partial charge in [-0.05, 0) is 9.91 Å². The lowest BCUT2D eigenvalue weighted by atomic mass is 10.1. The lowest BCUT2D eigenvalue weighted by Gasteiger charge is -2.07. The molecule has 0 fully saturated rings. The highest BCUT2D eigenvalue weighted by Crippen LogP contribution is 2.34. The standard InChI is InChI=1S/C8H5ClF2N2O4/c1-17-8(14)4-3(9)2-12-7(13(15)16)5(4)6(10)11/h2,6H,1H3. The van der Waals surface area contributed by atoms with Gasteiger partial charge in [-0.3, -0.25) is 0 Å². The Morgan fingerprint density at radius 2 is 2.24 bits per heavy atom. The molecule has 0 saturated carbocycles. The summed E-state index contributed by atoms with van der Waals surface area (Å²) in [5.41, 5.74) is -1.89. The molecule has 17 heavy (non-hydrogen) atoms. The van der Waals surface area contributed by atoms with Crippen LogP contribution in [-0.2, 0) is 4.74 Å². The van der Waals surface area contributed by atoms with E-state index in [0.717, 1.165) is 13.3 Å². The van der Waals surface area contributed by atoms with Gasteiger partial charge in [0.15, 0.2) is 6.20 Å². The number of pyridine rings is 1. The van der Waals surface area contributed by atoms with Crippen LogP contribution in [0.5, 0.6) is 0 Å². The van der Waals surface area contributed by atoms with E-state index in [-0.39, 0.29) is 0 Å². The maximum atomic E-state index is 12.7. The fraction of sp³-hybridized carbons (Fsp3) is 0.250. The van der Waals surface area contributed by atoms with Crippen LogP contribution in [0.1, 0.15) is 22.3 Å². The molecule has 9 heteroatoms. The van der Waals surface area contributed by atoms with E-state index in [1.165, 1.54) is 0 Å². The van der Waals surface area contributed by atoms with Crippen molar-refractivity contribution in [2.45, 2.75) is 6.43 Å². The Labute approximate surface area is 98.3 Å². The molecule has 1 aromatic rings. The predicted octanol–water partition coefficient (Wildman–Crippen LogP) is 2.37. The van der Waals surface area contributed by atoms with Gasteiger partial charge >= 0.3 is 11.8 Å². The zero-order chi connectivity index (χ0) is 13.2. The highest BCUT2D eigenvalue weighted by Gasteiger charge is 2.33. The fourth-order valence-corrected chi connectivity index (χ4v) is 1.38. The van der Waals surface area contributed by atoms with Crippen molar-refractivity contribution in [3.63, 3.8) is 0 Å². The molecule has 0 aliphatic carbocycles. The van der Waals surface area contributed by atoms with Gasteiger partial charge in [0.25, 0.3) is 6.43 Å². The zero-order valence-electron chi connectivity index (χ0n) is 8.32. The van der Waals surface area contributed by atoms with Gasteiger partial charge in [0.1, 0.15) is 5.56 Å². The monoisotopic (exact) mass is 266 g/mol. The van der Waals surface area contributed by atoms with E-state index in [2.05, 4.69) is 9.72 Å². The summed E-state index contributed by atoms with van der Waals surface area (Å²) in [6, 6.07) is 0. The molecule has 0 aromatic carbocycles. The van der Waals surface area contributed by atoms with Crippen LogP contribution < -0.4 is 0 Å². The summed E-state index contributed by atoms with van der Waals surface area (Å²) in [5.74, 6) is -2.30. The van der Waals surface area contributed by atoms with E-state index in [1.807, 2.05) is 0 Å². The third kappa shape index (κ3) is 2.47. The highest BCUT2D eigenvalue weighted by atomic mass is 35.5. The average Bonchev–Trinajstić information content (AvgIpc) is 2.26. The molecule has 0 atom stereocenters. The normalized spacial score (nSPS) is 10.4. The Hall–Kier alpha value is -1.83. The van der Waals surface area contributed by atoms with E-state index in [4.69, 9.17) is 11.6 Å². The van der Waals surface area contributed by atoms with Crippen LogP contribution in [0.4, 0.5) is 14.6 Å². The average molecular weight is 267 g/mol. The van der Waals surface area contributed by atoms with Crippen LogP contribution in [0.2, 0.25) is 5.02 Å². The number of hydrogen-bond acceptors (Lipinski definition) is 5. The van der Waals surface area contributed by atoms with E-state index >= 15 is 0 Å². The Balaban J connectivity index is 3.60. The highest BCUT2D eigenvalue weighted by molar-refractivity contribution is 6.33. The van der Waals surface area contributed by atoms with Crippen molar-refractivity contribution in [3.8, 4) is 0 Å². The molecule has 1 heterocycles. The summed E-state index contributed by atoms with van der Waals surface area (Å²) in [7, 11) is 0.945. The number of esters is 1. The molecular weight excluding hydrogens is 262 g/mol. The van der Waals surface area contributed by atoms with Crippen LogP contribution >= 0.6 is 11.6 Å². The minimum atomic E-state index is -3.27. The number of nitro groups is 1. The van der Waals surface area contributed by atoms with Crippen molar-refractivity contribution in [2.24, 2.45) is 0 Å². The molecule has 0 aliphatic rings. The SMILES string of the molecule is COC(=O)c1c(Cl)cnc([N+](=O)[O-])c1C(F)F. The van der Waals surface area contributed by atoms with Gasteiger partial charge in [-0.2, -0.15) is 0 Å². The van der Waals surface area contributed by atoms with Crippen molar-refractivity contribution < 1.29 is 23.2 Å². The van der Waals surface area contributed by atoms with E-state index < -0.39 is 39.3 Å². The van der Waals surface area contributed by atoms with Crippen LogP contribution in [0.3, 0.4) is 0 Å². The summed E-state index contributed by atoms with van der Waals surface area (Å²) in [6.45, 7) is 0. The first-order valence-corrected chi connectivity index (χ1v) is 4.47. The molecule has 0 N–H and O–H groups in total. The van der Waals surface area contributed by atoms with Gasteiger partial charge < -0.3 is 14.9 Å². The van der Waals surface area contributed by atoms with Gasteiger partial charge in [0, 0.05) is 0 Å². The number of alkyl halides is 2. The van der Waals surface area contributed by atoms with Crippen LogP contribution in [-0.4, -0.2) is 23.0 Å². The van der Waals surface area contributed by atoms with Crippen LogP contribution in [0.25, 0.3) is 0 Å². The van der Waals surface area contributed by atoms with Crippen molar-refractivity contribution in [1.82, 2.24) is 4.98 Å².